The molecular formula is C11H16ClNOS. The van der Waals surface area contributed by atoms with Crippen molar-refractivity contribution in [1.82, 2.24) is 5.32 Å². The van der Waals surface area contributed by atoms with Gasteiger partial charge in [-0.15, -0.1) is 11.3 Å². The molecule has 0 radical (unpaired) electrons. The van der Waals surface area contributed by atoms with Crippen molar-refractivity contribution in [1.29, 1.82) is 0 Å². The molecule has 4 heteroatoms. The summed E-state index contributed by atoms with van der Waals surface area (Å²) >= 11 is 7.52. The molecule has 1 saturated carbocycles. The summed E-state index contributed by atoms with van der Waals surface area (Å²) in [6, 6.07) is 2.00. The van der Waals surface area contributed by atoms with Gasteiger partial charge in [0.15, 0.2) is 0 Å². The maximum Gasteiger partial charge on any atom is 0.0591 e. The van der Waals surface area contributed by atoms with Gasteiger partial charge in [0.25, 0.3) is 0 Å². The summed E-state index contributed by atoms with van der Waals surface area (Å²) in [4.78, 5) is 1.28. The number of hydrogen-bond donors (Lipinski definition) is 1. The number of nitrogens with one attached hydrogen (secondary N) is 1. The van der Waals surface area contributed by atoms with Gasteiger partial charge >= 0.3 is 0 Å². The molecule has 0 bridgehead atoms. The SMILES string of the molecule is Clc1csc(CNCCOCC2CC2)c1. The van der Waals surface area contributed by atoms with Crippen molar-refractivity contribution in [3.05, 3.63) is 21.3 Å². The first kappa shape index (κ1) is 11.4. The normalized spacial score (nSPS) is 15.8. The van der Waals surface area contributed by atoms with Crippen LogP contribution >= 0.6 is 22.9 Å². The molecule has 1 N–H and O–H groups in total. The van der Waals surface area contributed by atoms with Crippen LogP contribution in [0.15, 0.2) is 11.4 Å². The van der Waals surface area contributed by atoms with E-state index in [-0.39, 0.29) is 0 Å². The zero-order valence-corrected chi connectivity index (χ0v) is 10.2. The molecule has 0 amide bonds. The molecule has 15 heavy (non-hydrogen) atoms. The summed E-state index contributed by atoms with van der Waals surface area (Å²) in [7, 11) is 0. The predicted molar refractivity (Wildman–Crippen MR) is 64.6 cm³/mol. The molecule has 1 aliphatic carbocycles. The summed E-state index contributed by atoms with van der Waals surface area (Å²) in [5.41, 5.74) is 0. The Morgan fingerprint density at radius 3 is 3.07 bits per heavy atom. The fourth-order valence-corrected chi connectivity index (χ4v) is 2.38. The highest BCUT2D eigenvalue weighted by molar-refractivity contribution is 7.10. The Morgan fingerprint density at radius 2 is 2.40 bits per heavy atom. The fraction of sp³-hybridized carbons (Fsp3) is 0.636. The standard InChI is InChI=1S/C11H16ClNOS/c12-10-5-11(15-8-10)6-13-3-4-14-7-9-1-2-9/h5,8-9,13H,1-4,6-7H2. The van der Waals surface area contributed by atoms with Crippen LogP contribution in [0, 0.1) is 5.92 Å². The first-order valence-corrected chi connectivity index (χ1v) is 6.62. The van der Waals surface area contributed by atoms with E-state index in [4.69, 9.17) is 16.3 Å². The third kappa shape index (κ3) is 4.51. The van der Waals surface area contributed by atoms with Gasteiger partial charge in [0.2, 0.25) is 0 Å². The number of thiophene rings is 1. The lowest BCUT2D eigenvalue weighted by molar-refractivity contribution is 0.126. The van der Waals surface area contributed by atoms with E-state index in [1.807, 2.05) is 11.4 Å². The maximum atomic E-state index is 5.82. The first-order valence-electron chi connectivity index (χ1n) is 5.36. The van der Waals surface area contributed by atoms with Gasteiger partial charge in [-0.3, -0.25) is 0 Å². The second-order valence-electron chi connectivity index (χ2n) is 3.93. The molecule has 1 aliphatic rings. The van der Waals surface area contributed by atoms with Crippen molar-refractivity contribution in [2.45, 2.75) is 19.4 Å². The summed E-state index contributed by atoms with van der Waals surface area (Å²) in [6.07, 6.45) is 2.72. The van der Waals surface area contributed by atoms with Crippen LogP contribution in [0.3, 0.4) is 0 Å². The van der Waals surface area contributed by atoms with Crippen LogP contribution in [0.25, 0.3) is 0 Å². The minimum atomic E-state index is 0.815. The summed E-state index contributed by atoms with van der Waals surface area (Å²) in [5, 5.41) is 6.13. The highest BCUT2D eigenvalue weighted by atomic mass is 35.5. The van der Waals surface area contributed by atoms with Crippen LogP contribution < -0.4 is 5.32 Å². The van der Waals surface area contributed by atoms with Crippen molar-refractivity contribution in [3.8, 4) is 0 Å². The number of rotatable bonds is 7. The Kier molecular flexibility index (Phi) is 4.44. The summed E-state index contributed by atoms with van der Waals surface area (Å²) < 4.78 is 5.52. The molecule has 84 valence electrons. The second-order valence-corrected chi connectivity index (χ2v) is 5.36. The molecule has 0 aromatic carbocycles. The third-order valence-electron chi connectivity index (χ3n) is 2.39. The second kappa shape index (κ2) is 5.85. The Labute approximate surface area is 99.6 Å². The van der Waals surface area contributed by atoms with Crippen molar-refractivity contribution >= 4 is 22.9 Å². The average Bonchev–Trinajstić information content (AvgIpc) is 2.95. The molecule has 1 fully saturated rings. The zero-order valence-electron chi connectivity index (χ0n) is 8.67. The van der Waals surface area contributed by atoms with Crippen LogP contribution in [-0.4, -0.2) is 19.8 Å². The smallest absolute Gasteiger partial charge is 0.0591 e. The molecule has 1 aromatic heterocycles. The number of halogens is 1. The minimum absolute atomic E-state index is 0.815. The predicted octanol–water partition coefficient (Wildman–Crippen LogP) is 2.92. The van der Waals surface area contributed by atoms with Gasteiger partial charge in [0.1, 0.15) is 0 Å². The topological polar surface area (TPSA) is 21.3 Å². The highest BCUT2D eigenvalue weighted by Gasteiger charge is 2.20. The molecule has 0 spiro atoms. The van der Waals surface area contributed by atoms with Crippen molar-refractivity contribution < 1.29 is 4.74 Å². The fourth-order valence-electron chi connectivity index (χ4n) is 1.34. The molecule has 2 nitrogen and oxygen atoms in total. The Hall–Kier alpha value is -0.0900. The number of hydrogen-bond acceptors (Lipinski definition) is 3. The Morgan fingerprint density at radius 1 is 1.53 bits per heavy atom. The van der Waals surface area contributed by atoms with E-state index in [0.29, 0.717) is 0 Å². The van der Waals surface area contributed by atoms with Gasteiger partial charge in [-0.05, 0) is 24.8 Å². The van der Waals surface area contributed by atoms with Crippen LogP contribution in [0.2, 0.25) is 5.02 Å². The molecule has 0 aliphatic heterocycles. The van der Waals surface area contributed by atoms with Crippen molar-refractivity contribution in [2.75, 3.05) is 19.8 Å². The molecular weight excluding hydrogens is 230 g/mol. The number of ether oxygens (including phenoxy) is 1. The van der Waals surface area contributed by atoms with Crippen molar-refractivity contribution in [3.63, 3.8) is 0 Å². The van der Waals surface area contributed by atoms with Gasteiger partial charge in [0.05, 0.1) is 11.6 Å². The van der Waals surface area contributed by atoms with Crippen molar-refractivity contribution in [2.24, 2.45) is 5.92 Å². The first-order chi connectivity index (χ1) is 7.34. The van der Waals surface area contributed by atoms with Crippen LogP contribution in [0.1, 0.15) is 17.7 Å². The maximum absolute atomic E-state index is 5.82. The van der Waals surface area contributed by atoms with Gasteiger partial charge in [-0.2, -0.15) is 0 Å². The van der Waals surface area contributed by atoms with Gasteiger partial charge < -0.3 is 10.1 Å². The van der Waals surface area contributed by atoms with E-state index in [1.54, 1.807) is 11.3 Å². The van der Waals surface area contributed by atoms with E-state index in [9.17, 15) is 0 Å². The van der Waals surface area contributed by atoms with Gasteiger partial charge in [-0.1, -0.05) is 11.6 Å². The van der Waals surface area contributed by atoms with E-state index in [0.717, 1.165) is 37.2 Å². The minimum Gasteiger partial charge on any atom is -0.380 e. The molecule has 2 rings (SSSR count). The van der Waals surface area contributed by atoms with E-state index in [1.165, 1.54) is 17.7 Å². The van der Waals surface area contributed by atoms with E-state index >= 15 is 0 Å². The highest BCUT2D eigenvalue weighted by Crippen LogP contribution is 2.28. The van der Waals surface area contributed by atoms with Gasteiger partial charge in [-0.25, -0.2) is 0 Å². The lowest BCUT2D eigenvalue weighted by atomic mass is 10.4. The Balaban J connectivity index is 1.47. The molecule has 0 unspecified atom stereocenters. The largest absolute Gasteiger partial charge is 0.380 e. The lowest BCUT2D eigenvalue weighted by Crippen LogP contribution is -2.19. The third-order valence-corrected chi connectivity index (χ3v) is 3.68. The summed E-state index contributed by atoms with van der Waals surface area (Å²) in [5.74, 6) is 0.862. The monoisotopic (exact) mass is 245 g/mol. The van der Waals surface area contributed by atoms with Gasteiger partial charge in [0, 0.05) is 30.0 Å². The Bertz CT molecular complexity index is 299. The average molecular weight is 246 g/mol. The van der Waals surface area contributed by atoms with E-state index in [2.05, 4.69) is 5.32 Å². The molecule has 0 saturated heterocycles. The van der Waals surface area contributed by atoms with Crippen LogP contribution in [0.5, 0.6) is 0 Å². The van der Waals surface area contributed by atoms with Crippen LogP contribution in [-0.2, 0) is 11.3 Å². The lowest BCUT2D eigenvalue weighted by Gasteiger charge is -2.04. The zero-order chi connectivity index (χ0) is 10.5. The quantitative estimate of drug-likeness (QED) is 0.746. The molecule has 1 heterocycles. The van der Waals surface area contributed by atoms with Crippen LogP contribution in [0.4, 0.5) is 0 Å². The molecule has 1 aromatic rings. The van der Waals surface area contributed by atoms with E-state index < -0.39 is 0 Å². The molecule has 0 atom stereocenters. The summed E-state index contributed by atoms with van der Waals surface area (Å²) in [6.45, 7) is 3.58.